The summed E-state index contributed by atoms with van der Waals surface area (Å²) in [5.41, 5.74) is 5.02. The summed E-state index contributed by atoms with van der Waals surface area (Å²) in [5.74, 6) is 0.721. The average Bonchev–Trinajstić information content (AvgIpc) is 3.89. The van der Waals surface area contributed by atoms with Crippen LogP contribution in [0.5, 0.6) is 0 Å². The lowest BCUT2D eigenvalue weighted by Crippen LogP contribution is -2.31. The van der Waals surface area contributed by atoms with Crippen LogP contribution in [0.25, 0.3) is 22.6 Å². The number of nitrogens with zero attached hydrogens (tertiary/aromatic N) is 6. The van der Waals surface area contributed by atoms with Gasteiger partial charge < -0.3 is 10.1 Å². The Hall–Kier alpha value is -3.64. The maximum Gasteiger partial charge on any atom is 0.235 e. The molecule has 0 bridgehead atoms. The van der Waals surface area contributed by atoms with Gasteiger partial charge in [-0.3, -0.25) is 14.6 Å². The van der Waals surface area contributed by atoms with Gasteiger partial charge in [0.2, 0.25) is 11.7 Å². The molecule has 2 fully saturated rings. The maximum atomic E-state index is 14.4. The summed E-state index contributed by atoms with van der Waals surface area (Å²) in [6.45, 7) is 12.3. The van der Waals surface area contributed by atoms with E-state index in [1.54, 1.807) is 7.05 Å². The summed E-state index contributed by atoms with van der Waals surface area (Å²) in [6.07, 6.45) is 5.62. The number of carbonyl (C=O) groups excluding carboxylic acids is 1. The molecule has 234 valence electrons. The van der Waals surface area contributed by atoms with E-state index in [4.69, 9.17) is 9.84 Å². The van der Waals surface area contributed by atoms with Crippen LogP contribution in [0, 0.1) is 37.4 Å². The number of benzene rings is 1. The predicted octanol–water partition coefficient (Wildman–Crippen LogP) is 6.30. The highest BCUT2D eigenvalue weighted by molar-refractivity contribution is 6.76. The Morgan fingerprint density at radius 1 is 1.14 bits per heavy atom. The highest BCUT2D eigenvalue weighted by Gasteiger charge is 2.49. The van der Waals surface area contributed by atoms with Crippen LogP contribution in [0.3, 0.4) is 0 Å². The molecular formula is C32H43FN8O2Si. The largest absolute Gasteiger partial charge is 0.360 e. The Balaban J connectivity index is 1.19. The van der Waals surface area contributed by atoms with Gasteiger partial charge in [-0.25, -0.2) is 14.1 Å². The first-order chi connectivity index (χ1) is 21.0. The van der Waals surface area contributed by atoms with Crippen molar-refractivity contribution >= 4 is 19.7 Å². The van der Waals surface area contributed by atoms with Gasteiger partial charge in [-0.15, -0.1) is 0 Å². The lowest BCUT2D eigenvalue weighted by molar-refractivity contribution is -0.119. The first kappa shape index (κ1) is 30.4. The second-order valence-electron chi connectivity index (χ2n) is 13.7. The highest BCUT2D eigenvalue weighted by atomic mass is 28.3. The minimum atomic E-state index is -1.15. The number of aryl methyl sites for hydroxylation is 2. The van der Waals surface area contributed by atoms with Crippen molar-refractivity contribution in [3.63, 3.8) is 0 Å². The molecule has 3 heterocycles. The Labute approximate surface area is 258 Å². The Morgan fingerprint density at radius 2 is 1.82 bits per heavy atom. The molecular weight excluding hydrogens is 575 g/mol. The second-order valence-corrected chi connectivity index (χ2v) is 19.3. The molecule has 1 atom stereocenters. The van der Waals surface area contributed by atoms with E-state index in [0.717, 1.165) is 67.0 Å². The molecule has 4 aromatic rings. The predicted molar refractivity (Wildman–Crippen MR) is 170 cm³/mol. The summed E-state index contributed by atoms with van der Waals surface area (Å²) in [6, 6.07) is 9.04. The number of carbonyl (C=O) groups is 1. The number of aromatic nitrogens is 7. The number of aromatic amines is 1. The van der Waals surface area contributed by atoms with E-state index < -0.39 is 19.8 Å². The Kier molecular flexibility index (Phi) is 8.31. The third-order valence-electron chi connectivity index (χ3n) is 8.94. The number of hydrogen-bond donors (Lipinski definition) is 2. The molecule has 12 heteroatoms. The first-order valence-electron chi connectivity index (χ1n) is 15.6. The van der Waals surface area contributed by atoms with Gasteiger partial charge in [0.25, 0.3) is 0 Å². The molecule has 0 radical (unpaired) electrons. The van der Waals surface area contributed by atoms with E-state index in [9.17, 15) is 9.18 Å². The fourth-order valence-corrected chi connectivity index (χ4v) is 7.02. The van der Waals surface area contributed by atoms with Gasteiger partial charge in [-0.05, 0) is 81.0 Å². The molecule has 2 saturated carbocycles. The van der Waals surface area contributed by atoms with E-state index in [2.05, 4.69) is 52.2 Å². The van der Waals surface area contributed by atoms with Crippen molar-refractivity contribution in [2.24, 2.45) is 24.8 Å². The van der Waals surface area contributed by atoms with Crippen molar-refractivity contribution in [2.45, 2.75) is 77.9 Å². The van der Waals surface area contributed by atoms with Crippen LogP contribution in [0.1, 0.15) is 48.8 Å². The third kappa shape index (κ3) is 6.56. The van der Waals surface area contributed by atoms with Crippen LogP contribution in [-0.4, -0.2) is 55.3 Å². The highest BCUT2D eigenvalue weighted by Crippen LogP contribution is 2.54. The van der Waals surface area contributed by atoms with Crippen molar-refractivity contribution in [2.75, 3.05) is 11.9 Å². The van der Waals surface area contributed by atoms with E-state index in [1.165, 1.54) is 4.68 Å². The van der Waals surface area contributed by atoms with Crippen molar-refractivity contribution in [3.8, 4) is 22.6 Å². The van der Waals surface area contributed by atoms with Gasteiger partial charge in [0.05, 0.1) is 11.9 Å². The maximum absolute atomic E-state index is 14.4. The smallest absolute Gasteiger partial charge is 0.235 e. The number of anilines is 1. The Morgan fingerprint density at radius 3 is 2.41 bits per heavy atom. The summed E-state index contributed by atoms with van der Waals surface area (Å²) in [4.78, 5) is 18.6. The number of H-pyrrole nitrogens is 1. The summed E-state index contributed by atoms with van der Waals surface area (Å²) in [5, 5.41) is 19.1. The van der Waals surface area contributed by atoms with Crippen LogP contribution in [0.15, 0.2) is 30.5 Å². The molecule has 2 aliphatic carbocycles. The molecule has 2 N–H and O–H groups in total. The number of rotatable bonds is 13. The average molecular weight is 619 g/mol. The van der Waals surface area contributed by atoms with Crippen molar-refractivity contribution < 1.29 is 13.9 Å². The van der Waals surface area contributed by atoms with Crippen LogP contribution in [0.4, 0.5) is 10.1 Å². The van der Waals surface area contributed by atoms with Crippen LogP contribution >= 0.6 is 0 Å². The molecule has 1 aromatic carbocycles. The summed E-state index contributed by atoms with van der Waals surface area (Å²) >= 11 is 0. The van der Waals surface area contributed by atoms with Gasteiger partial charge in [-0.1, -0.05) is 31.8 Å². The lowest BCUT2D eigenvalue weighted by atomic mass is 9.82. The fourth-order valence-electron chi connectivity index (χ4n) is 6.26. The van der Waals surface area contributed by atoms with Gasteiger partial charge in [0, 0.05) is 38.7 Å². The number of nitrogens with one attached hydrogen (secondary N) is 2. The summed E-state index contributed by atoms with van der Waals surface area (Å²) in [7, 11) is 0.502. The molecule has 44 heavy (non-hydrogen) atoms. The monoisotopic (exact) mass is 618 g/mol. The number of hydrogen-bond acceptors (Lipinski definition) is 6. The quantitative estimate of drug-likeness (QED) is 0.134. The molecule has 2 aliphatic rings. The number of halogens is 1. The lowest BCUT2D eigenvalue weighted by Gasteiger charge is -2.24. The molecule has 3 aromatic heterocycles. The normalized spacial score (nSPS) is 16.1. The number of amides is 1. The van der Waals surface area contributed by atoms with Crippen molar-refractivity contribution in [1.29, 1.82) is 0 Å². The second kappa shape index (κ2) is 12.0. The van der Waals surface area contributed by atoms with E-state index in [-0.39, 0.29) is 23.3 Å². The zero-order valence-electron chi connectivity index (χ0n) is 26.5. The van der Waals surface area contributed by atoms with E-state index in [1.807, 2.05) is 35.9 Å². The van der Waals surface area contributed by atoms with Gasteiger partial charge >= 0.3 is 0 Å². The van der Waals surface area contributed by atoms with E-state index in [0.29, 0.717) is 30.1 Å². The molecule has 0 aliphatic heterocycles. The first-order valence-corrected chi connectivity index (χ1v) is 19.3. The topological polar surface area (TPSA) is 116 Å². The van der Waals surface area contributed by atoms with Crippen molar-refractivity contribution in [3.05, 3.63) is 53.5 Å². The molecule has 1 unspecified atom stereocenters. The SMILES string of the molecule is Cc1nn(COCC[Si](C)(C)C)c(C)c1-c1ccc(NC(=O)C(c2nc(-c3c(F)cnn3C)n[nH]2)C(C2CC2)C2CC2)cc1. The third-order valence-corrected chi connectivity index (χ3v) is 10.6. The summed E-state index contributed by atoms with van der Waals surface area (Å²) < 4.78 is 23.7. The number of ether oxygens (including phenoxy) is 1. The molecule has 1 amide bonds. The zero-order chi connectivity index (χ0) is 31.2. The molecule has 0 saturated heterocycles. The Bertz CT molecular complexity index is 1600. The minimum absolute atomic E-state index is 0.120. The van der Waals surface area contributed by atoms with Crippen LogP contribution in [-0.2, 0) is 23.3 Å². The zero-order valence-corrected chi connectivity index (χ0v) is 27.5. The molecule has 6 rings (SSSR count). The van der Waals surface area contributed by atoms with Gasteiger partial charge in [-0.2, -0.15) is 15.3 Å². The minimum Gasteiger partial charge on any atom is -0.360 e. The molecule has 0 spiro atoms. The van der Waals surface area contributed by atoms with Crippen LogP contribution in [0.2, 0.25) is 25.7 Å². The molecule has 10 nitrogen and oxygen atoms in total. The van der Waals surface area contributed by atoms with Gasteiger partial charge in [0.1, 0.15) is 24.2 Å². The van der Waals surface area contributed by atoms with Crippen LogP contribution < -0.4 is 5.32 Å². The fraction of sp³-hybridized carbons (Fsp3) is 0.531. The standard InChI is InChI=1S/C32H43FN8O2Si/c1-19-26(20(2)41(39-19)18-43-15-16-44(4,5)6)21-11-13-24(14-12-21)35-32(42)28(27(22-7-8-22)23-9-10-23)30-36-31(38-37-30)29-25(33)17-34-40(29)3/h11-14,17,22-23,27-28H,7-10,15-16,18H2,1-6H3,(H,35,42)(H,36,37,38). The van der Waals surface area contributed by atoms with Crippen molar-refractivity contribution in [1.82, 2.24) is 34.7 Å². The van der Waals surface area contributed by atoms with Gasteiger partial charge in [0.15, 0.2) is 5.82 Å². The van der Waals surface area contributed by atoms with E-state index >= 15 is 0 Å².